The van der Waals surface area contributed by atoms with Crippen LogP contribution in [0.5, 0.6) is 11.5 Å². The lowest BCUT2D eigenvalue weighted by atomic mass is 10.1. The van der Waals surface area contributed by atoms with Crippen LogP contribution < -0.4 is 14.8 Å². The van der Waals surface area contributed by atoms with Crippen LogP contribution in [0.15, 0.2) is 77.7 Å². The van der Waals surface area contributed by atoms with Gasteiger partial charge in [-0.15, -0.1) is 0 Å². The van der Waals surface area contributed by atoms with Crippen LogP contribution in [0.3, 0.4) is 0 Å². The maximum Gasteiger partial charge on any atom is 0.309 e. The van der Waals surface area contributed by atoms with E-state index in [2.05, 4.69) is 14.8 Å². The minimum Gasteiger partial charge on any atom is -0.469 e. The van der Waals surface area contributed by atoms with Gasteiger partial charge in [0.05, 0.1) is 30.7 Å². The number of carbonyl (C=O) groups is 2. The molecule has 9 nitrogen and oxygen atoms in total. The number of ether oxygens (including phenoxy) is 3. The van der Waals surface area contributed by atoms with Crippen LogP contribution in [0.2, 0.25) is 0 Å². The van der Waals surface area contributed by atoms with Gasteiger partial charge in [-0.05, 0) is 48.0 Å². The molecule has 3 aromatic rings. The molecule has 0 spiro atoms. The highest BCUT2D eigenvalue weighted by Crippen LogP contribution is 2.32. The van der Waals surface area contributed by atoms with Crippen molar-refractivity contribution in [2.24, 2.45) is 0 Å². The minimum atomic E-state index is -3.95. The summed E-state index contributed by atoms with van der Waals surface area (Å²) in [6.07, 6.45) is 0.117. The van der Waals surface area contributed by atoms with Gasteiger partial charge in [-0.3, -0.25) is 14.3 Å². The molecule has 0 saturated carbocycles. The van der Waals surface area contributed by atoms with Crippen LogP contribution in [0, 0.1) is 0 Å². The summed E-state index contributed by atoms with van der Waals surface area (Å²) in [7, 11) is -1.10. The number of sulfonamides is 1. The predicted octanol–water partition coefficient (Wildman–Crippen LogP) is 4.40. The molecule has 2 N–H and O–H groups in total. The fraction of sp³-hybridized carbons (Fsp3) is 0.259. The van der Waals surface area contributed by atoms with E-state index in [1.165, 1.54) is 44.6 Å². The van der Waals surface area contributed by atoms with Crippen molar-refractivity contribution in [3.8, 4) is 11.5 Å². The van der Waals surface area contributed by atoms with Crippen molar-refractivity contribution in [1.82, 2.24) is 5.32 Å². The second kappa shape index (κ2) is 14.6. The molecule has 3 aromatic carbocycles. The number of benzene rings is 3. The lowest BCUT2D eigenvalue weighted by molar-refractivity contribution is -0.139. The third kappa shape index (κ3) is 8.93. The Morgan fingerprint density at radius 3 is 2.19 bits per heavy atom. The second-order valence-corrected chi connectivity index (χ2v) is 9.06. The van der Waals surface area contributed by atoms with E-state index in [9.17, 15) is 18.0 Å². The fourth-order valence-corrected chi connectivity index (χ4v) is 4.14. The quantitative estimate of drug-likeness (QED) is 0.280. The van der Waals surface area contributed by atoms with Crippen molar-refractivity contribution < 1.29 is 32.2 Å². The monoisotopic (exact) mass is 528 g/mol. The molecule has 0 aliphatic carbocycles. The van der Waals surface area contributed by atoms with Gasteiger partial charge in [0.1, 0.15) is 5.75 Å². The SMILES string of the molecule is CC.COCCNC(=O)c1ccc(Oc2ccc(CC(=O)OC)cc2)c(NS(=O)(=O)c2ccccc2)c1. The van der Waals surface area contributed by atoms with Gasteiger partial charge < -0.3 is 19.5 Å². The minimum absolute atomic E-state index is 0.0630. The van der Waals surface area contributed by atoms with E-state index in [0.717, 1.165) is 5.56 Å². The molecular weight excluding hydrogens is 496 g/mol. The molecule has 3 rings (SSSR count). The van der Waals surface area contributed by atoms with Crippen molar-refractivity contribution in [2.75, 3.05) is 32.1 Å². The summed E-state index contributed by atoms with van der Waals surface area (Å²) in [4.78, 5) is 24.0. The molecule has 0 unspecified atom stereocenters. The number of esters is 1. The molecule has 0 heterocycles. The Morgan fingerprint density at radius 1 is 0.892 bits per heavy atom. The van der Waals surface area contributed by atoms with Gasteiger partial charge in [-0.25, -0.2) is 8.42 Å². The summed E-state index contributed by atoms with van der Waals surface area (Å²) in [5.41, 5.74) is 1.07. The molecule has 37 heavy (non-hydrogen) atoms. The summed E-state index contributed by atoms with van der Waals surface area (Å²) in [6, 6.07) is 19.0. The molecule has 0 aromatic heterocycles. The average Bonchev–Trinajstić information content (AvgIpc) is 2.92. The third-order valence-electron chi connectivity index (χ3n) is 4.86. The van der Waals surface area contributed by atoms with Gasteiger partial charge in [-0.2, -0.15) is 0 Å². The Morgan fingerprint density at radius 2 is 1.57 bits per heavy atom. The summed E-state index contributed by atoms with van der Waals surface area (Å²) in [6.45, 7) is 4.64. The molecule has 0 aliphatic rings. The first-order valence-corrected chi connectivity index (χ1v) is 13.1. The van der Waals surface area contributed by atoms with E-state index in [1.807, 2.05) is 13.8 Å². The van der Waals surface area contributed by atoms with Crippen molar-refractivity contribution in [3.05, 3.63) is 83.9 Å². The Hall–Kier alpha value is -3.89. The van der Waals surface area contributed by atoms with E-state index in [4.69, 9.17) is 9.47 Å². The zero-order valence-electron chi connectivity index (χ0n) is 21.3. The van der Waals surface area contributed by atoms with Crippen molar-refractivity contribution in [3.63, 3.8) is 0 Å². The number of nitrogens with one attached hydrogen (secondary N) is 2. The number of hydrogen-bond donors (Lipinski definition) is 2. The van der Waals surface area contributed by atoms with Crippen LogP contribution in [0.25, 0.3) is 0 Å². The first kappa shape index (κ1) is 29.3. The number of rotatable bonds is 11. The van der Waals surface area contributed by atoms with E-state index >= 15 is 0 Å². The van der Waals surface area contributed by atoms with E-state index < -0.39 is 10.0 Å². The van der Waals surface area contributed by atoms with Crippen LogP contribution in [0.4, 0.5) is 5.69 Å². The molecule has 0 radical (unpaired) electrons. The Kier molecular flexibility index (Phi) is 11.6. The molecule has 10 heteroatoms. The lowest BCUT2D eigenvalue weighted by Gasteiger charge is -2.15. The summed E-state index contributed by atoms with van der Waals surface area (Å²) >= 11 is 0. The first-order valence-electron chi connectivity index (χ1n) is 11.6. The van der Waals surface area contributed by atoms with Gasteiger partial charge in [0, 0.05) is 19.2 Å². The normalized spacial score (nSPS) is 10.5. The Bertz CT molecular complexity index is 1260. The van der Waals surface area contributed by atoms with E-state index in [1.54, 1.807) is 42.5 Å². The fourth-order valence-electron chi connectivity index (χ4n) is 3.05. The standard InChI is InChI=1S/C25H26N2O7S.C2H6/c1-32-15-14-26-25(29)19-10-13-23(34-20-11-8-18(9-12-20)16-24(28)33-2)22(17-19)27-35(30,31)21-6-4-3-5-7-21;1-2/h3-13,17,27H,14-16H2,1-2H3,(H,26,29);1-2H3. The van der Waals surface area contributed by atoms with Crippen LogP contribution >= 0.6 is 0 Å². The number of anilines is 1. The summed E-state index contributed by atoms with van der Waals surface area (Å²) in [5.74, 6) is -0.147. The van der Waals surface area contributed by atoms with Crippen LogP contribution in [-0.2, 0) is 30.7 Å². The van der Waals surface area contributed by atoms with Crippen LogP contribution in [-0.4, -0.2) is 47.7 Å². The molecule has 198 valence electrons. The molecular formula is C27H32N2O7S. The van der Waals surface area contributed by atoms with Crippen molar-refractivity contribution in [2.45, 2.75) is 25.2 Å². The largest absolute Gasteiger partial charge is 0.469 e. The summed E-state index contributed by atoms with van der Waals surface area (Å²) in [5, 5.41) is 2.70. The third-order valence-corrected chi connectivity index (χ3v) is 6.24. The number of amides is 1. The molecule has 0 saturated heterocycles. The second-order valence-electron chi connectivity index (χ2n) is 7.38. The summed E-state index contributed by atoms with van der Waals surface area (Å²) < 4.78 is 43.9. The Labute approximate surface area is 217 Å². The number of hydrogen-bond acceptors (Lipinski definition) is 7. The predicted molar refractivity (Wildman–Crippen MR) is 141 cm³/mol. The zero-order valence-corrected chi connectivity index (χ0v) is 22.1. The molecule has 0 bridgehead atoms. The lowest BCUT2D eigenvalue weighted by Crippen LogP contribution is -2.27. The van der Waals surface area contributed by atoms with Crippen LogP contribution in [0.1, 0.15) is 29.8 Å². The van der Waals surface area contributed by atoms with Gasteiger partial charge in [0.2, 0.25) is 0 Å². The molecule has 1 amide bonds. The smallest absolute Gasteiger partial charge is 0.309 e. The van der Waals surface area contributed by atoms with Gasteiger partial charge in [0.25, 0.3) is 15.9 Å². The van der Waals surface area contributed by atoms with Gasteiger partial charge in [0.15, 0.2) is 5.75 Å². The maximum atomic E-state index is 12.9. The van der Waals surface area contributed by atoms with Gasteiger partial charge >= 0.3 is 5.97 Å². The number of methoxy groups -OCH3 is 2. The molecule has 0 fully saturated rings. The highest BCUT2D eigenvalue weighted by molar-refractivity contribution is 7.92. The van der Waals surface area contributed by atoms with Gasteiger partial charge in [-0.1, -0.05) is 44.2 Å². The topological polar surface area (TPSA) is 120 Å². The highest BCUT2D eigenvalue weighted by Gasteiger charge is 2.19. The van der Waals surface area contributed by atoms with E-state index in [-0.39, 0.29) is 40.2 Å². The number of carbonyl (C=O) groups excluding carboxylic acids is 2. The zero-order chi connectivity index (χ0) is 27.3. The molecule has 0 atom stereocenters. The van der Waals surface area contributed by atoms with Crippen molar-refractivity contribution in [1.29, 1.82) is 0 Å². The molecule has 0 aliphatic heterocycles. The van der Waals surface area contributed by atoms with Crippen molar-refractivity contribution >= 4 is 27.6 Å². The van der Waals surface area contributed by atoms with E-state index in [0.29, 0.717) is 18.9 Å². The average molecular weight is 529 g/mol. The Balaban J connectivity index is 0.00000235. The maximum absolute atomic E-state index is 12.9. The first-order chi connectivity index (χ1) is 17.8. The highest BCUT2D eigenvalue weighted by atomic mass is 32.2.